The third-order valence-corrected chi connectivity index (χ3v) is 8.13. The Morgan fingerprint density at radius 2 is 1.86 bits per heavy atom. The number of nitrogens with one attached hydrogen (secondary N) is 1. The number of morpholine rings is 1. The van der Waals surface area contributed by atoms with Crippen molar-refractivity contribution < 1.29 is 4.74 Å². The Labute approximate surface area is 224 Å². The number of rotatable bonds is 7. The highest BCUT2D eigenvalue weighted by molar-refractivity contribution is 7.80. The first kappa shape index (κ1) is 25.2. The summed E-state index contributed by atoms with van der Waals surface area (Å²) >= 11 is 12.3. The van der Waals surface area contributed by atoms with Crippen LogP contribution in [0.4, 0.5) is 0 Å². The second-order valence-electron chi connectivity index (χ2n) is 9.65. The van der Waals surface area contributed by atoms with Gasteiger partial charge in [-0.2, -0.15) is 0 Å². The van der Waals surface area contributed by atoms with Gasteiger partial charge < -0.3 is 19.5 Å². The molecule has 0 bridgehead atoms. The largest absolute Gasteiger partial charge is 0.379 e. The molecule has 2 aromatic heterocycles. The fraction of sp³-hybridized carbons (Fsp3) is 0.429. The van der Waals surface area contributed by atoms with E-state index in [1.165, 1.54) is 22.5 Å². The summed E-state index contributed by atoms with van der Waals surface area (Å²) < 4.78 is 7.84. The third kappa shape index (κ3) is 4.90. The summed E-state index contributed by atoms with van der Waals surface area (Å²) in [6.07, 6.45) is 2.90. The second kappa shape index (κ2) is 10.9. The molecule has 1 N–H and O–H groups in total. The van der Waals surface area contributed by atoms with Crippen molar-refractivity contribution in [3.63, 3.8) is 0 Å². The molecule has 2 fully saturated rings. The van der Waals surface area contributed by atoms with Gasteiger partial charge in [0.15, 0.2) is 5.11 Å². The van der Waals surface area contributed by atoms with Gasteiger partial charge >= 0.3 is 0 Å². The SMILES string of the molecule is Cc1c([C@H]2[C@H](c3ccccn3)NC(=S)N2CCCN2CCOCC2)c(C)n(-c2cccc(Cl)c2)c1C. The standard InChI is InChI=1S/C28H34ClN5OS/c1-19-20(2)34(23-9-6-8-22(29)18-23)21(3)25(19)27-26(24-10-4-5-11-30-24)31-28(36)33(27)13-7-12-32-14-16-35-17-15-32/h4-6,8-11,18,26-27H,7,12-17H2,1-3H3,(H,31,36)/t26-,27-/m0/s1. The van der Waals surface area contributed by atoms with Crippen LogP contribution in [-0.4, -0.2) is 63.9 Å². The van der Waals surface area contributed by atoms with Crippen LogP contribution in [0.2, 0.25) is 5.02 Å². The summed E-state index contributed by atoms with van der Waals surface area (Å²) in [5.41, 5.74) is 7.10. The Kier molecular flexibility index (Phi) is 7.62. The number of aromatic nitrogens is 2. The van der Waals surface area contributed by atoms with Gasteiger partial charge in [0.1, 0.15) is 0 Å². The molecule has 4 heterocycles. The van der Waals surface area contributed by atoms with Gasteiger partial charge in [0.05, 0.1) is 31.0 Å². The molecular weight excluding hydrogens is 490 g/mol. The maximum Gasteiger partial charge on any atom is 0.170 e. The van der Waals surface area contributed by atoms with Gasteiger partial charge in [0.25, 0.3) is 0 Å². The highest BCUT2D eigenvalue weighted by Crippen LogP contribution is 2.43. The average Bonchev–Trinajstić information content (AvgIpc) is 3.32. The molecule has 2 aliphatic heterocycles. The molecule has 2 saturated heterocycles. The normalized spacial score (nSPS) is 20.7. The van der Waals surface area contributed by atoms with Crippen molar-refractivity contribution in [2.45, 2.75) is 39.3 Å². The minimum Gasteiger partial charge on any atom is -0.379 e. The molecule has 3 aromatic rings. The number of hydrogen-bond donors (Lipinski definition) is 1. The second-order valence-corrected chi connectivity index (χ2v) is 10.5. The van der Waals surface area contributed by atoms with Crippen molar-refractivity contribution in [1.29, 1.82) is 0 Å². The van der Waals surface area contributed by atoms with Crippen LogP contribution in [0.1, 0.15) is 46.7 Å². The average molecular weight is 524 g/mol. The van der Waals surface area contributed by atoms with E-state index in [0.29, 0.717) is 0 Å². The number of thiocarbonyl (C=S) groups is 1. The van der Waals surface area contributed by atoms with Gasteiger partial charge in [0.2, 0.25) is 0 Å². The quantitative estimate of drug-likeness (QED) is 0.432. The number of nitrogens with zero attached hydrogens (tertiary/aromatic N) is 4. The van der Waals surface area contributed by atoms with Crippen LogP contribution in [0, 0.1) is 20.8 Å². The Morgan fingerprint density at radius 1 is 1.06 bits per heavy atom. The lowest BCUT2D eigenvalue weighted by molar-refractivity contribution is 0.0365. The maximum atomic E-state index is 6.37. The van der Waals surface area contributed by atoms with Crippen molar-refractivity contribution in [3.05, 3.63) is 81.9 Å². The zero-order valence-electron chi connectivity index (χ0n) is 21.2. The predicted molar refractivity (Wildman–Crippen MR) is 149 cm³/mol. The van der Waals surface area contributed by atoms with E-state index in [0.717, 1.165) is 67.3 Å². The molecular formula is C28H34ClN5OS. The van der Waals surface area contributed by atoms with Crippen LogP contribution >= 0.6 is 23.8 Å². The van der Waals surface area contributed by atoms with E-state index in [-0.39, 0.29) is 12.1 Å². The minimum absolute atomic E-state index is 0.0194. The van der Waals surface area contributed by atoms with Crippen molar-refractivity contribution in [3.8, 4) is 5.69 Å². The number of pyridine rings is 1. The molecule has 1 aromatic carbocycles. The molecule has 0 saturated carbocycles. The Morgan fingerprint density at radius 3 is 2.58 bits per heavy atom. The Balaban J connectivity index is 1.52. The van der Waals surface area contributed by atoms with Gasteiger partial charge in [-0.3, -0.25) is 9.88 Å². The van der Waals surface area contributed by atoms with E-state index in [1.54, 1.807) is 0 Å². The molecule has 0 aliphatic carbocycles. The number of ether oxygens (including phenoxy) is 1. The number of benzene rings is 1. The van der Waals surface area contributed by atoms with Crippen LogP contribution in [0.15, 0.2) is 48.7 Å². The van der Waals surface area contributed by atoms with E-state index >= 15 is 0 Å². The molecule has 0 amide bonds. The fourth-order valence-electron chi connectivity index (χ4n) is 5.69. The molecule has 36 heavy (non-hydrogen) atoms. The van der Waals surface area contributed by atoms with Gasteiger partial charge in [-0.1, -0.05) is 23.7 Å². The third-order valence-electron chi connectivity index (χ3n) is 7.54. The van der Waals surface area contributed by atoms with Crippen LogP contribution in [0.5, 0.6) is 0 Å². The first-order valence-electron chi connectivity index (χ1n) is 12.7. The summed E-state index contributed by atoms with van der Waals surface area (Å²) in [6.45, 7) is 12.2. The summed E-state index contributed by atoms with van der Waals surface area (Å²) in [6, 6.07) is 14.2. The summed E-state index contributed by atoms with van der Waals surface area (Å²) in [5, 5.41) is 5.15. The van der Waals surface area contributed by atoms with Crippen LogP contribution in [0.3, 0.4) is 0 Å². The van der Waals surface area contributed by atoms with E-state index < -0.39 is 0 Å². The Hall–Kier alpha value is -2.45. The van der Waals surface area contributed by atoms with Crippen LogP contribution in [0.25, 0.3) is 5.69 Å². The molecule has 0 spiro atoms. The molecule has 190 valence electrons. The first-order chi connectivity index (χ1) is 17.5. The minimum atomic E-state index is -0.0194. The monoisotopic (exact) mass is 523 g/mol. The number of hydrogen-bond acceptors (Lipinski definition) is 4. The molecule has 6 nitrogen and oxygen atoms in total. The van der Waals surface area contributed by atoms with Gasteiger partial charge in [-0.05, 0) is 75.3 Å². The van der Waals surface area contributed by atoms with Gasteiger partial charge in [-0.15, -0.1) is 0 Å². The van der Waals surface area contributed by atoms with Crippen LogP contribution in [-0.2, 0) is 4.74 Å². The lowest BCUT2D eigenvalue weighted by Gasteiger charge is -2.31. The molecule has 0 unspecified atom stereocenters. The lowest BCUT2D eigenvalue weighted by Crippen LogP contribution is -2.39. The van der Waals surface area contributed by atoms with Crippen molar-refractivity contribution in [2.24, 2.45) is 0 Å². The van der Waals surface area contributed by atoms with Crippen molar-refractivity contribution >= 4 is 28.9 Å². The zero-order valence-corrected chi connectivity index (χ0v) is 22.8. The molecule has 5 rings (SSSR count). The van der Waals surface area contributed by atoms with Crippen molar-refractivity contribution in [2.75, 3.05) is 39.4 Å². The molecule has 0 radical (unpaired) electrons. The summed E-state index contributed by atoms with van der Waals surface area (Å²) in [4.78, 5) is 9.59. The fourth-order valence-corrected chi connectivity index (χ4v) is 6.21. The van der Waals surface area contributed by atoms with E-state index in [9.17, 15) is 0 Å². The van der Waals surface area contributed by atoms with Gasteiger partial charge in [0, 0.05) is 60.0 Å². The predicted octanol–water partition coefficient (Wildman–Crippen LogP) is 5.15. The summed E-state index contributed by atoms with van der Waals surface area (Å²) in [5.74, 6) is 0. The summed E-state index contributed by atoms with van der Waals surface area (Å²) in [7, 11) is 0. The van der Waals surface area contributed by atoms with E-state index in [4.69, 9.17) is 33.5 Å². The van der Waals surface area contributed by atoms with Crippen LogP contribution < -0.4 is 5.32 Å². The molecule has 2 aliphatic rings. The van der Waals surface area contributed by atoms with E-state index in [2.05, 4.69) is 52.6 Å². The maximum absolute atomic E-state index is 6.37. The van der Waals surface area contributed by atoms with Gasteiger partial charge in [-0.25, -0.2) is 0 Å². The molecule has 8 heteroatoms. The highest BCUT2D eigenvalue weighted by Gasteiger charge is 2.42. The molecule has 2 atom stereocenters. The van der Waals surface area contributed by atoms with E-state index in [1.807, 2.05) is 36.5 Å². The Bertz CT molecular complexity index is 1220. The number of halogens is 1. The van der Waals surface area contributed by atoms with Crippen molar-refractivity contribution in [1.82, 2.24) is 24.7 Å². The topological polar surface area (TPSA) is 45.6 Å². The first-order valence-corrected chi connectivity index (χ1v) is 13.5. The lowest BCUT2D eigenvalue weighted by atomic mass is 9.93. The highest BCUT2D eigenvalue weighted by atomic mass is 35.5. The zero-order chi connectivity index (χ0) is 25.2. The smallest absolute Gasteiger partial charge is 0.170 e.